The second-order valence-electron chi connectivity index (χ2n) is 4.31. The summed E-state index contributed by atoms with van der Waals surface area (Å²) in [7, 11) is 0. The summed E-state index contributed by atoms with van der Waals surface area (Å²) in [6.45, 7) is 6.20. The summed E-state index contributed by atoms with van der Waals surface area (Å²) in [4.78, 5) is 24.8. The number of carbonyl (C=O) groups excluding carboxylic acids is 2. The van der Waals surface area contributed by atoms with Crippen LogP contribution in [0.25, 0.3) is 0 Å². The van der Waals surface area contributed by atoms with Crippen molar-refractivity contribution in [3.05, 3.63) is 29.3 Å². The van der Waals surface area contributed by atoms with Crippen molar-refractivity contribution in [3.8, 4) is 0 Å². The summed E-state index contributed by atoms with van der Waals surface area (Å²) in [5, 5.41) is 2.47. The maximum Gasteiger partial charge on any atom is 0.290 e. The molecule has 96 valence electrons. The van der Waals surface area contributed by atoms with Crippen LogP contribution in [0.4, 0.5) is 10.5 Å². The average Bonchev–Trinajstić information content (AvgIpc) is 2.59. The lowest BCUT2D eigenvalue weighted by molar-refractivity contribution is -0.126. The van der Waals surface area contributed by atoms with Crippen LogP contribution < -0.4 is 5.32 Å². The third-order valence-corrected chi connectivity index (χ3v) is 3.90. The van der Waals surface area contributed by atoms with Gasteiger partial charge in [-0.2, -0.15) is 0 Å². The van der Waals surface area contributed by atoms with E-state index in [1.54, 1.807) is 6.92 Å². The molecular formula is C13H16N2O2S. The van der Waals surface area contributed by atoms with Crippen molar-refractivity contribution in [2.75, 3.05) is 11.9 Å². The molecule has 18 heavy (non-hydrogen) atoms. The number of carbonyl (C=O) groups is 2. The third kappa shape index (κ3) is 2.36. The molecule has 1 N–H and O–H groups in total. The van der Waals surface area contributed by atoms with Crippen molar-refractivity contribution in [1.82, 2.24) is 4.90 Å². The maximum atomic E-state index is 12.0. The van der Waals surface area contributed by atoms with Crippen LogP contribution in [0, 0.1) is 13.8 Å². The second kappa shape index (κ2) is 5.02. The monoisotopic (exact) mass is 264 g/mol. The molecule has 2 amide bonds. The minimum Gasteiger partial charge on any atom is -0.365 e. The van der Waals surface area contributed by atoms with Crippen molar-refractivity contribution in [1.29, 1.82) is 0 Å². The predicted octanol–water partition coefficient (Wildman–Crippen LogP) is 2.76. The van der Waals surface area contributed by atoms with Crippen molar-refractivity contribution < 1.29 is 9.59 Å². The third-order valence-electron chi connectivity index (χ3n) is 2.93. The lowest BCUT2D eigenvalue weighted by Crippen LogP contribution is -2.34. The van der Waals surface area contributed by atoms with Crippen LogP contribution in [-0.4, -0.2) is 28.0 Å². The molecule has 0 spiro atoms. The lowest BCUT2D eigenvalue weighted by atomic mass is 10.1. The summed E-state index contributed by atoms with van der Waals surface area (Å²) in [5.41, 5.74) is 3.10. The van der Waals surface area contributed by atoms with E-state index in [9.17, 15) is 9.59 Å². The van der Waals surface area contributed by atoms with Crippen molar-refractivity contribution >= 4 is 28.6 Å². The fraction of sp³-hybridized carbons (Fsp3) is 0.385. The van der Waals surface area contributed by atoms with Gasteiger partial charge in [-0.25, -0.2) is 0 Å². The van der Waals surface area contributed by atoms with Gasteiger partial charge < -0.3 is 5.32 Å². The second-order valence-corrected chi connectivity index (χ2v) is 5.37. The largest absolute Gasteiger partial charge is 0.365 e. The number of nitrogens with one attached hydrogen (secondary N) is 1. The molecular weight excluding hydrogens is 248 g/mol. The molecule has 1 aliphatic heterocycles. The lowest BCUT2D eigenvalue weighted by Gasteiger charge is -2.15. The van der Waals surface area contributed by atoms with E-state index in [0.717, 1.165) is 28.6 Å². The average molecular weight is 264 g/mol. The van der Waals surface area contributed by atoms with Gasteiger partial charge >= 0.3 is 0 Å². The smallest absolute Gasteiger partial charge is 0.290 e. The Morgan fingerprint density at radius 2 is 2.06 bits per heavy atom. The molecule has 0 aromatic heterocycles. The number of likely N-dealkylation sites (N-methyl/N-ethyl adjacent to an activating group) is 1. The predicted molar refractivity (Wildman–Crippen MR) is 73.7 cm³/mol. The quantitative estimate of drug-likeness (QED) is 0.912. The number of imide groups is 1. The number of aryl methyl sites for hydroxylation is 2. The summed E-state index contributed by atoms with van der Waals surface area (Å²) in [5.74, 6) is -0.159. The Hall–Kier alpha value is -1.49. The zero-order valence-corrected chi connectivity index (χ0v) is 11.5. The minimum atomic E-state index is -0.502. The highest BCUT2D eigenvalue weighted by Gasteiger charge is 2.38. The standard InChI is InChI=1S/C13H16N2O2S/c1-4-15-12(16)11(18-13(15)17)14-10-7-8(2)5-6-9(10)3/h5-7,11,14H,4H2,1-3H3/t11-/m0/s1. The molecule has 0 unspecified atom stereocenters. The summed E-state index contributed by atoms with van der Waals surface area (Å²) < 4.78 is 0. The highest BCUT2D eigenvalue weighted by Crippen LogP contribution is 2.29. The van der Waals surface area contributed by atoms with E-state index in [-0.39, 0.29) is 11.1 Å². The van der Waals surface area contributed by atoms with Crippen LogP contribution >= 0.6 is 11.8 Å². The summed E-state index contributed by atoms with van der Waals surface area (Å²) in [6, 6.07) is 6.01. The molecule has 1 aromatic carbocycles. The number of nitrogens with zero attached hydrogens (tertiary/aromatic N) is 1. The van der Waals surface area contributed by atoms with Gasteiger partial charge in [-0.05, 0) is 49.7 Å². The minimum absolute atomic E-state index is 0.159. The Kier molecular flexibility index (Phi) is 3.61. The van der Waals surface area contributed by atoms with Crippen LogP contribution in [0.2, 0.25) is 0 Å². The molecule has 5 heteroatoms. The molecule has 1 fully saturated rings. The SMILES string of the molecule is CCN1C(=O)S[C@H](Nc2cc(C)ccc2C)C1=O. The Labute approximate surface area is 111 Å². The van der Waals surface area contributed by atoms with Gasteiger partial charge in [0.1, 0.15) is 0 Å². The molecule has 1 heterocycles. The van der Waals surface area contributed by atoms with E-state index in [1.807, 2.05) is 32.0 Å². The van der Waals surface area contributed by atoms with E-state index in [4.69, 9.17) is 0 Å². The molecule has 1 aromatic rings. The van der Waals surface area contributed by atoms with Gasteiger partial charge in [-0.1, -0.05) is 12.1 Å². The molecule has 1 saturated heterocycles. The maximum absolute atomic E-state index is 12.0. The Morgan fingerprint density at radius 1 is 1.33 bits per heavy atom. The van der Waals surface area contributed by atoms with Crippen LogP contribution in [-0.2, 0) is 4.79 Å². The first-order chi connectivity index (χ1) is 8.52. The first-order valence-electron chi connectivity index (χ1n) is 5.88. The summed E-state index contributed by atoms with van der Waals surface area (Å²) in [6.07, 6.45) is 0. The van der Waals surface area contributed by atoms with Gasteiger partial charge in [0.25, 0.3) is 11.1 Å². The van der Waals surface area contributed by atoms with Gasteiger partial charge in [0, 0.05) is 12.2 Å². The Morgan fingerprint density at radius 3 is 2.67 bits per heavy atom. The Bertz CT molecular complexity index is 502. The van der Waals surface area contributed by atoms with E-state index in [1.165, 1.54) is 4.90 Å². The molecule has 1 aliphatic rings. The zero-order chi connectivity index (χ0) is 13.3. The van der Waals surface area contributed by atoms with E-state index < -0.39 is 5.37 Å². The molecule has 1 atom stereocenters. The fourth-order valence-corrected chi connectivity index (χ4v) is 2.82. The molecule has 0 radical (unpaired) electrons. The number of amides is 2. The van der Waals surface area contributed by atoms with E-state index >= 15 is 0 Å². The van der Waals surface area contributed by atoms with Crippen molar-refractivity contribution in [2.24, 2.45) is 0 Å². The molecule has 2 rings (SSSR count). The first-order valence-corrected chi connectivity index (χ1v) is 6.76. The van der Waals surface area contributed by atoms with Crippen molar-refractivity contribution in [3.63, 3.8) is 0 Å². The number of anilines is 1. The number of hydrogen-bond acceptors (Lipinski definition) is 4. The molecule has 0 aliphatic carbocycles. The van der Waals surface area contributed by atoms with Gasteiger partial charge in [0.05, 0.1) is 0 Å². The Balaban J connectivity index is 2.18. The molecule has 4 nitrogen and oxygen atoms in total. The molecule has 0 bridgehead atoms. The van der Waals surface area contributed by atoms with Gasteiger partial charge in [-0.3, -0.25) is 14.5 Å². The van der Waals surface area contributed by atoms with Crippen LogP contribution in [0.5, 0.6) is 0 Å². The van der Waals surface area contributed by atoms with Gasteiger partial charge in [0.2, 0.25) is 0 Å². The first kappa shape index (κ1) is 13.0. The summed E-state index contributed by atoms with van der Waals surface area (Å²) >= 11 is 1.04. The van der Waals surface area contributed by atoms with E-state index in [2.05, 4.69) is 5.32 Å². The molecule has 0 saturated carbocycles. The van der Waals surface area contributed by atoms with Crippen molar-refractivity contribution in [2.45, 2.75) is 26.1 Å². The highest BCUT2D eigenvalue weighted by atomic mass is 32.2. The van der Waals surface area contributed by atoms with E-state index in [0.29, 0.717) is 6.54 Å². The van der Waals surface area contributed by atoms with Gasteiger partial charge in [-0.15, -0.1) is 0 Å². The topological polar surface area (TPSA) is 49.4 Å². The number of thioether (sulfide) groups is 1. The normalized spacial score (nSPS) is 19.5. The van der Waals surface area contributed by atoms with Crippen LogP contribution in [0.1, 0.15) is 18.1 Å². The fourth-order valence-electron chi connectivity index (χ4n) is 1.86. The van der Waals surface area contributed by atoms with Crippen LogP contribution in [0.3, 0.4) is 0 Å². The van der Waals surface area contributed by atoms with Gasteiger partial charge in [0.15, 0.2) is 5.37 Å². The highest BCUT2D eigenvalue weighted by molar-refractivity contribution is 8.15. The number of benzene rings is 1. The van der Waals surface area contributed by atoms with Crippen LogP contribution in [0.15, 0.2) is 18.2 Å². The zero-order valence-electron chi connectivity index (χ0n) is 10.7. The number of rotatable bonds is 3. The number of hydrogen-bond donors (Lipinski definition) is 1.